The highest BCUT2D eigenvalue weighted by molar-refractivity contribution is 9.09. The van der Waals surface area contributed by atoms with Gasteiger partial charge in [-0.2, -0.15) is 11.8 Å². The Morgan fingerprint density at radius 2 is 2.36 bits per heavy atom. The molecule has 0 aliphatic carbocycles. The van der Waals surface area contributed by atoms with E-state index in [4.69, 9.17) is 0 Å². The summed E-state index contributed by atoms with van der Waals surface area (Å²) in [5.41, 5.74) is 0. The van der Waals surface area contributed by atoms with Crippen LogP contribution in [0.3, 0.4) is 0 Å². The quantitative estimate of drug-likeness (QED) is 0.569. The topological polar surface area (TPSA) is 20.3 Å². The van der Waals surface area contributed by atoms with Gasteiger partial charge in [-0.05, 0) is 25.0 Å². The van der Waals surface area contributed by atoms with Crippen LogP contribution in [0.2, 0.25) is 0 Å². The van der Waals surface area contributed by atoms with Crippen molar-refractivity contribution in [3.8, 4) is 0 Å². The van der Waals surface area contributed by atoms with E-state index in [0.717, 1.165) is 23.9 Å². The van der Waals surface area contributed by atoms with Crippen LogP contribution in [-0.4, -0.2) is 40.7 Å². The SMILES string of the molecule is CN(C(=O)CCCCBr)C1CCSC1. The van der Waals surface area contributed by atoms with Gasteiger partial charge >= 0.3 is 0 Å². The maximum absolute atomic E-state index is 11.7. The van der Waals surface area contributed by atoms with E-state index >= 15 is 0 Å². The summed E-state index contributed by atoms with van der Waals surface area (Å²) in [7, 11) is 1.95. The number of alkyl halides is 1. The van der Waals surface area contributed by atoms with E-state index in [1.807, 2.05) is 23.7 Å². The Bertz CT molecular complexity index is 183. The summed E-state index contributed by atoms with van der Waals surface area (Å²) in [5, 5.41) is 1.00. The number of hydrogen-bond donors (Lipinski definition) is 0. The molecule has 0 N–H and O–H groups in total. The Labute approximate surface area is 98.9 Å². The van der Waals surface area contributed by atoms with Crippen LogP contribution < -0.4 is 0 Å². The maximum Gasteiger partial charge on any atom is 0.222 e. The molecule has 1 atom stereocenters. The van der Waals surface area contributed by atoms with Crippen molar-refractivity contribution in [1.82, 2.24) is 4.90 Å². The summed E-state index contributed by atoms with van der Waals surface area (Å²) in [4.78, 5) is 13.7. The molecule has 1 rings (SSSR count). The van der Waals surface area contributed by atoms with Crippen molar-refractivity contribution in [1.29, 1.82) is 0 Å². The van der Waals surface area contributed by atoms with Gasteiger partial charge in [-0.1, -0.05) is 15.9 Å². The number of nitrogens with zero attached hydrogens (tertiary/aromatic N) is 1. The van der Waals surface area contributed by atoms with Crippen molar-refractivity contribution in [3.05, 3.63) is 0 Å². The number of carbonyl (C=O) groups is 1. The maximum atomic E-state index is 11.7. The molecule has 0 radical (unpaired) electrons. The van der Waals surface area contributed by atoms with Gasteiger partial charge in [0.25, 0.3) is 0 Å². The van der Waals surface area contributed by atoms with Gasteiger partial charge in [0.2, 0.25) is 5.91 Å². The number of halogens is 1. The Balaban J connectivity index is 2.21. The molecule has 14 heavy (non-hydrogen) atoms. The molecule has 1 fully saturated rings. The largest absolute Gasteiger partial charge is 0.342 e. The van der Waals surface area contributed by atoms with Crippen LogP contribution in [0.25, 0.3) is 0 Å². The average Bonchev–Trinajstić information content (AvgIpc) is 2.69. The fourth-order valence-corrected chi connectivity index (χ4v) is 3.24. The number of unbranched alkanes of at least 4 members (excludes halogenated alkanes) is 1. The van der Waals surface area contributed by atoms with Crippen molar-refractivity contribution in [2.24, 2.45) is 0 Å². The molecule has 1 amide bonds. The number of hydrogen-bond acceptors (Lipinski definition) is 2. The smallest absolute Gasteiger partial charge is 0.222 e. The number of rotatable bonds is 5. The zero-order valence-electron chi connectivity index (χ0n) is 8.67. The van der Waals surface area contributed by atoms with Gasteiger partial charge in [0.1, 0.15) is 0 Å². The van der Waals surface area contributed by atoms with Gasteiger partial charge < -0.3 is 4.90 Å². The molecule has 1 unspecified atom stereocenters. The van der Waals surface area contributed by atoms with Gasteiger partial charge in [-0.25, -0.2) is 0 Å². The third kappa shape index (κ3) is 3.81. The first-order valence-corrected chi connectivity index (χ1v) is 7.42. The van der Waals surface area contributed by atoms with Crippen molar-refractivity contribution >= 4 is 33.6 Å². The van der Waals surface area contributed by atoms with Crippen LogP contribution >= 0.6 is 27.7 Å². The lowest BCUT2D eigenvalue weighted by molar-refractivity contribution is -0.131. The summed E-state index contributed by atoms with van der Waals surface area (Å²) in [5.74, 6) is 2.66. The van der Waals surface area contributed by atoms with Crippen LogP contribution in [0.4, 0.5) is 0 Å². The van der Waals surface area contributed by atoms with Gasteiger partial charge in [0.15, 0.2) is 0 Å². The molecule has 1 saturated heterocycles. The lowest BCUT2D eigenvalue weighted by Gasteiger charge is -2.23. The molecule has 0 spiro atoms. The zero-order valence-corrected chi connectivity index (χ0v) is 11.1. The van der Waals surface area contributed by atoms with Gasteiger partial charge in [-0.3, -0.25) is 4.79 Å². The number of amides is 1. The van der Waals surface area contributed by atoms with Crippen LogP contribution in [-0.2, 0) is 4.79 Å². The first-order chi connectivity index (χ1) is 6.75. The summed E-state index contributed by atoms with van der Waals surface area (Å²) < 4.78 is 0. The molecular formula is C10H18BrNOS. The van der Waals surface area contributed by atoms with Gasteiger partial charge in [0.05, 0.1) is 0 Å². The first kappa shape index (κ1) is 12.4. The number of carbonyl (C=O) groups excluding carboxylic acids is 1. The predicted molar refractivity (Wildman–Crippen MR) is 66.1 cm³/mol. The van der Waals surface area contributed by atoms with E-state index in [2.05, 4.69) is 15.9 Å². The van der Waals surface area contributed by atoms with E-state index < -0.39 is 0 Å². The summed E-state index contributed by atoms with van der Waals surface area (Å²) in [6, 6.07) is 0.497. The normalized spacial score (nSPS) is 21.1. The minimum Gasteiger partial charge on any atom is -0.342 e. The summed E-state index contributed by atoms with van der Waals surface area (Å²) in [6.45, 7) is 0. The highest BCUT2D eigenvalue weighted by Gasteiger charge is 2.22. The molecule has 0 aromatic heterocycles. The third-order valence-corrected chi connectivity index (χ3v) is 4.33. The second-order valence-corrected chi connectivity index (χ2v) is 5.61. The lowest BCUT2D eigenvalue weighted by atomic mass is 10.2. The van der Waals surface area contributed by atoms with E-state index in [1.165, 1.54) is 12.2 Å². The molecule has 4 heteroatoms. The Morgan fingerprint density at radius 3 is 2.93 bits per heavy atom. The second-order valence-electron chi connectivity index (χ2n) is 3.67. The fraction of sp³-hybridized carbons (Fsp3) is 0.900. The summed E-state index contributed by atoms with van der Waals surface area (Å²) in [6.07, 6.45) is 3.99. The summed E-state index contributed by atoms with van der Waals surface area (Å²) >= 11 is 5.33. The Morgan fingerprint density at radius 1 is 1.57 bits per heavy atom. The molecule has 0 saturated carbocycles. The number of thioether (sulfide) groups is 1. The van der Waals surface area contributed by atoms with E-state index in [-0.39, 0.29) is 0 Å². The minimum absolute atomic E-state index is 0.318. The van der Waals surface area contributed by atoms with Crippen molar-refractivity contribution < 1.29 is 4.79 Å². The Hall–Kier alpha value is 0.300. The van der Waals surface area contributed by atoms with Crippen LogP contribution in [0, 0.1) is 0 Å². The fourth-order valence-electron chi connectivity index (χ4n) is 1.58. The van der Waals surface area contributed by atoms with E-state index in [1.54, 1.807) is 0 Å². The lowest BCUT2D eigenvalue weighted by Crippen LogP contribution is -2.36. The first-order valence-electron chi connectivity index (χ1n) is 5.15. The highest BCUT2D eigenvalue weighted by atomic mass is 79.9. The van der Waals surface area contributed by atoms with Crippen molar-refractivity contribution in [3.63, 3.8) is 0 Å². The molecule has 82 valence electrons. The van der Waals surface area contributed by atoms with Crippen LogP contribution in [0.1, 0.15) is 25.7 Å². The minimum atomic E-state index is 0.318. The zero-order chi connectivity index (χ0) is 10.4. The molecule has 1 aliphatic heterocycles. The van der Waals surface area contributed by atoms with Crippen molar-refractivity contribution in [2.75, 3.05) is 23.9 Å². The highest BCUT2D eigenvalue weighted by Crippen LogP contribution is 2.21. The molecule has 2 nitrogen and oxygen atoms in total. The molecule has 0 aromatic carbocycles. The van der Waals surface area contributed by atoms with Crippen LogP contribution in [0.15, 0.2) is 0 Å². The Kier molecular flexibility index (Phi) is 5.94. The van der Waals surface area contributed by atoms with E-state index in [9.17, 15) is 4.79 Å². The van der Waals surface area contributed by atoms with Gasteiger partial charge in [0, 0.05) is 30.6 Å². The third-order valence-electron chi connectivity index (χ3n) is 2.62. The predicted octanol–water partition coefficient (Wildman–Crippen LogP) is 2.52. The molecule has 1 heterocycles. The molecule has 0 bridgehead atoms. The van der Waals surface area contributed by atoms with Gasteiger partial charge in [-0.15, -0.1) is 0 Å². The standard InChI is InChI=1S/C10H18BrNOS/c1-12(9-5-7-14-8-9)10(13)4-2-3-6-11/h9H,2-8H2,1H3. The van der Waals surface area contributed by atoms with Crippen molar-refractivity contribution in [2.45, 2.75) is 31.7 Å². The second kappa shape index (κ2) is 6.72. The van der Waals surface area contributed by atoms with E-state index in [0.29, 0.717) is 18.4 Å². The molecular weight excluding hydrogens is 262 g/mol. The van der Waals surface area contributed by atoms with Crippen LogP contribution in [0.5, 0.6) is 0 Å². The molecule has 0 aromatic rings. The average molecular weight is 280 g/mol. The molecule has 1 aliphatic rings. The monoisotopic (exact) mass is 279 g/mol.